The van der Waals surface area contributed by atoms with E-state index < -0.39 is 0 Å². The van der Waals surface area contributed by atoms with Crippen molar-refractivity contribution in [2.45, 2.75) is 46.5 Å². The maximum Gasteiger partial charge on any atom is 0.0468 e. The third-order valence-electron chi connectivity index (χ3n) is 2.96. The van der Waals surface area contributed by atoms with E-state index in [0.717, 1.165) is 31.1 Å². The molecule has 0 amide bonds. The van der Waals surface area contributed by atoms with Gasteiger partial charge < -0.3 is 5.11 Å². The highest BCUT2D eigenvalue weighted by Crippen LogP contribution is 2.22. The smallest absolute Gasteiger partial charge is 0.0468 e. The summed E-state index contributed by atoms with van der Waals surface area (Å²) in [5, 5.41) is 8.80. The SMILES string of the molecule is C=CCCC(C/C=C(\C)CCO)C(C)C. The summed E-state index contributed by atoms with van der Waals surface area (Å²) in [6.45, 7) is 10.7. The fraction of sp³-hybridized carbons (Fsp3) is 0.714. The molecule has 0 spiro atoms. The highest BCUT2D eigenvalue weighted by atomic mass is 16.2. The molecule has 0 aromatic carbocycles. The van der Waals surface area contributed by atoms with Crippen molar-refractivity contribution in [1.29, 1.82) is 0 Å². The zero-order chi connectivity index (χ0) is 11.7. The number of aliphatic hydroxyl groups is 1. The maximum absolute atomic E-state index is 8.80. The molecule has 0 aliphatic carbocycles. The van der Waals surface area contributed by atoms with Crippen molar-refractivity contribution in [1.82, 2.24) is 0 Å². The summed E-state index contributed by atoms with van der Waals surface area (Å²) in [4.78, 5) is 0. The second-order valence-corrected chi connectivity index (χ2v) is 4.63. The normalized spacial score (nSPS) is 14.3. The van der Waals surface area contributed by atoms with Gasteiger partial charge in [0.25, 0.3) is 0 Å². The Kier molecular flexibility index (Phi) is 8.40. The topological polar surface area (TPSA) is 20.2 Å². The van der Waals surface area contributed by atoms with Gasteiger partial charge in [0, 0.05) is 6.61 Å². The Bertz CT molecular complexity index is 192. The summed E-state index contributed by atoms with van der Waals surface area (Å²) in [5.74, 6) is 1.47. The molecule has 0 saturated heterocycles. The van der Waals surface area contributed by atoms with E-state index >= 15 is 0 Å². The molecule has 0 aliphatic heterocycles. The first kappa shape index (κ1) is 14.4. The Hall–Kier alpha value is -0.560. The van der Waals surface area contributed by atoms with E-state index in [2.05, 4.69) is 33.4 Å². The molecular weight excluding hydrogens is 184 g/mol. The zero-order valence-electron chi connectivity index (χ0n) is 10.5. The van der Waals surface area contributed by atoms with E-state index in [0.29, 0.717) is 0 Å². The molecule has 88 valence electrons. The number of aliphatic hydroxyl groups excluding tert-OH is 1. The predicted octanol–water partition coefficient (Wildman–Crippen LogP) is 3.94. The zero-order valence-corrected chi connectivity index (χ0v) is 10.5. The van der Waals surface area contributed by atoms with Crippen molar-refractivity contribution in [3.8, 4) is 0 Å². The van der Waals surface area contributed by atoms with Gasteiger partial charge in [0.1, 0.15) is 0 Å². The summed E-state index contributed by atoms with van der Waals surface area (Å²) in [6, 6.07) is 0. The Morgan fingerprint density at radius 3 is 2.53 bits per heavy atom. The van der Waals surface area contributed by atoms with Crippen molar-refractivity contribution in [3.05, 3.63) is 24.3 Å². The van der Waals surface area contributed by atoms with E-state index in [-0.39, 0.29) is 6.61 Å². The van der Waals surface area contributed by atoms with Gasteiger partial charge in [-0.1, -0.05) is 31.6 Å². The minimum atomic E-state index is 0.265. The third-order valence-corrected chi connectivity index (χ3v) is 2.96. The standard InChI is InChI=1S/C14H26O/c1-5-6-7-14(12(2)3)9-8-13(4)10-11-15/h5,8,12,14-15H,1,6-7,9-11H2,2-4H3/b13-8+. The number of allylic oxidation sites excluding steroid dienone is 2. The molecule has 1 unspecified atom stereocenters. The Morgan fingerprint density at radius 1 is 1.40 bits per heavy atom. The molecule has 1 heteroatoms. The summed E-state index contributed by atoms with van der Waals surface area (Å²) in [6.07, 6.45) is 8.56. The summed E-state index contributed by atoms with van der Waals surface area (Å²) in [7, 11) is 0. The monoisotopic (exact) mass is 210 g/mol. The average molecular weight is 210 g/mol. The number of hydrogen-bond donors (Lipinski definition) is 1. The first-order valence-corrected chi connectivity index (χ1v) is 5.99. The molecule has 0 rings (SSSR count). The predicted molar refractivity (Wildman–Crippen MR) is 67.8 cm³/mol. The molecule has 15 heavy (non-hydrogen) atoms. The lowest BCUT2D eigenvalue weighted by Gasteiger charge is -2.18. The largest absolute Gasteiger partial charge is 0.396 e. The van der Waals surface area contributed by atoms with Crippen molar-refractivity contribution in [2.75, 3.05) is 6.61 Å². The fourth-order valence-electron chi connectivity index (χ4n) is 1.69. The minimum absolute atomic E-state index is 0.265. The molecule has 0 fully saturated rings. The van der Waals surface area contributed by atoms with Crippen LogP contribution in [-0.4, -0.2) is 11.7 Å². The van der Waals surface area contributed by atoms with Gasteiger partial charge in [0.15, 0.2) is 0 Å². The highest BCUT2D eigenvalue weighted by Gasteiger charge is 2.10. The minimum Gasteiger partial charge on any atom is -0.396 e. The van der Waals surface area contributed by atoms with Crippen LogP contribution in [0.3, 0.4) is 0 Å². The molecular formula is C14H26O. The first-order valence-electron chi connectivity index (χ1n) is 5.99. The van der Waals surface area contributed by atoms with E-state index in [1.807, 2.05) is 6.08 Å². The lowest BCUT2D eigenvalue weighted by molar-refractivity contribution is 0.298. The van der Waals surface area contributed by atoms with Crippen LogP contribution in [0.1, 0.15) is 46.5 Å². The van der Waals surface area contributed by atoms with Crippen LogP contribution in [0, 0.1) is 11.8 Å². The highest BCUT2D eigenvalue weighted by molar-refractivity contribution is 4.98. The van der Waals surface area contributed by atoms with Crippen molar-refractivity contribution < 1.29 is 5.11 Å². The van der Waals surface area contributed by atoms with Gasteiger partial charge in [-0.05, 0) is 44.4 Å². The molecule has 0 bridgehead atoms. The molecule has 0 aromatic rings. The van der Waals surface area contributed by atoms with Crippen LogP contribution in [0.2, 0.25) is 0 Å². The van der Waals surface area contributed by atoms with Gasteiger partial charge in [-0.25, -0.2) is 0 Å². The average Bonchev–Trinajstić information content (AvgIpc) is 2.17. The molecule has 0 aliphatic rings. The van der Waals surface area contributed by atoms with E-state index in [1.165, 1.54) is 12.0 Å². The second kappa shape index (κ2) is 8.72. The van der Waals surface area contributed by atoms with Crippen molar-refractivity contribution in [3.63, 3.8) is 0 Å². The summed E-state index contributed by atoms with van der Waals surface area (Å²) < 4.78 is 0. The lowest BCUT2D eigenvalue weighted by Crippen LogP contribution is -2.07. The van der Waals surface area contributed by atoms with Crippen LogP contribution < -0.4 is 0 Å². The molecule has 0 saturated carbocycles. The summed E-state index contributed by atoms with van der Waals surface area (Å²) in [5.41, 5.74) is 1.31. The van der Waals surface area contributed by atoms with Gasteiger partial charge in [0.05, 0.1) is 0 Å². The second-order valence-electron chi connectivity index (χ2n) is 4.63. The molecule has 0 aromatic heterocycles. The Morgan fingerprint density at radius 2 is 2.07 bits per heavy atom. The van der Waals surface area contributed by atoms with E-state index in [4.69, 9.17) is 5.11 Å². The van der Waals surface area contributed by atoms with Gasteiger partial charge in [-0.3, -0.25) is 0 Å². The van der Waals surface area contributed by atoms with Crippen LogP contribution in [0.5, 0.6) is 0 Å². The molecule has 0 radical (unpaired) electrons. The van der Waals surface area contributed by atoms with Gasteiger partial charge in [-0.15, -0.1) is 6.58 Å². The number of hydrogen-bond acceptors (Lipinski definition) is 1. The van der Waals surface area contributed by atoms with E-state index in [1.54, 1.807) is 0 Å². The number of rotatable bonds is 8. The molecule has 1 N–H and O–H groups in total. The maximum atomic E-state index is 8.80. The fourth-order valence-corrected chi connectivity index (χ4v) is 1.69. The lowest BCUT2D eigenvalue weighted by atomic mass is 9.87. The van der Waals surface area contributed by atoms with E-state index in [9.17, 15) is 0 Å². The Labute approximate surface area is 94.9 Å². The van der Waals surface area contributed by atoms with Crippen LogP contribution in [0.4, 0.5) is 0 Å². The van der Waals surface area contributed by atoms with Crippen LogP contribution in [0.15, 0.2) is 24.3 Å². The quantitative estimate of drug-likeness (QED) is 0.602. The molecule has 0 heterocycles. The van der Waals surface area contributed by atoms with Crippen LogP contribution >= 0.6 is 0 Å². The molecule has 1 atom stereocenters. The van der Waals surface area contributed by atoms with Crippen LogP contribution in [-0.2, 0) is 0 Å². The summed E-state index contributed by atoms with van der Waals surface area (Å²) >= 11 is 0. The van der Waals surface area contributed by atoms with Gasteiger partial charge in [-0.2, -0.15) is 0 Å². The van der Waals surface area contributed by atoms with Gasteiger partial charge >= 0.3 is 0 Å². The third kappa shape index (κ3) is 7.38. The van der Waals surface area contributed by atoms with Crippen LogP contribution in [0.25, 0.3) is 0 Å². The molecule has 1 nitrogen and oxygen atoms in total. The van der Waals surface area contributed by atoms with Crippen molar-refractivity contribution >= 4 is 0 Å². The Balaban J connectivity index is 4.04. The van der Waals surface area contributed by atoms with Gasteiger partial charge in [0.2, 0.25) is 0 Å². The first-order chi connectivity index (χ1) is 7.11. The van der Waals surface area contributed by atoms with Crippen molar-refractivity contribution in [2.24, 2.45) is 11.8 Å².